The second kappa shape index (κ2) is 10.2. The number of anilines is 2. The van der Waals surface area contributed by atoms with Crippen LogP contribution in [0.2, 0.25) is 5.02 Å². The molecule has 1 heterocycles. The average Bonchev–Trinajstić information content (AvgIpc) is 2.85. The van der Waals surface area contributed by atoms with E-state index in [1.54, 1.807) is 18.2 Å². The number of amides is 2. The lowest BCUT2D eigenvalue weighted by atomic mass is 10.0. The van der Waals surface area contributed by atoms with Gasteiger partial charge in [-0.2, -0.15) is 0 Å². The van der Waals surface area contributed by atoms with E-state index in [-0.39, 0.29) is 22.6 Å². The number of carbonyl (C=O) groups is 2. The number of rotatable bonds is 6. The predicted molar refractivity (Wildman–Crippen MR) is 124 cm³/mol. The molecule has 1 aromatic heterocycles. The number of aromatic nitrogens is 2. The van der Waals surface area contributed by atoms with E-state index in [1.807, 2.05) is 0 Å². The smallest absolute Gasteiger partial charge is 0.279 e. The van der Waals surface area contributed by atoms with Gasteiger partial charge in [0, 0.05) is 34.4 Å². The molecular weight excluding hydrogens is 462 g/mol. The molecule has 0 radical (unpaired) electrons. The molecule has 0 aliphatic rings. The first-order valence-corrected chi connectivity index (χ1v) is 10.5. The summed E-state index contributed by atoms with van der Waals surface area (Å²) in [5.74, 6) is -2.57. The maximum atomic E-state index is 15.0. The zero-order valence-electron chi connectivity index (χ0n) is 17.5. The molecule has 0 spiro atoms. The molecule has 9 heteroatoms. The molecule has 0 saturated carbocycles. The summed E-state index contributed by atoms with van der Waals surface area (Å²) in [5, 5.41) is 3.05. The molecule has 0 bridgehead atoms. The van der Waals surface area contributed by atoms with Gasteiger partial charge in [0.2, 0.25) is 0 Å². The molecule has 0 fully saturated rings. The van der Waals surface area contributed by atoms with Crippen LogP contribution in [0, 0.1) is 11.6 Å². The Morgan fingerprint density at radius 2 is 1.62 bits per heavy atom. The molecule has 1 N–H and O–H groups in total. The van der Waals surface area contributed by atoms with Crippen LogP contribution in [0.25, 0.3) is 0 Å². The fourth-order valence-corrected chi connectivity index (χ4v) is 3.48. The first kappa shape index (κ1) is 23.0. The van der Waals surface area contributed by atoms with Gasteiger partial charge in [0.1, 0.15) is 23.4 Å². The minimum Gasteiger partial charge on any atom is -0.324 e. The Hall–Kier alpha value is -4.17. The van der Waals surface area contributed by atoms with E-state index in [0.717, 1.165) is 4.90 Å². The molecule has 0 aliphatic heterocycles. The van der Waals surface area contributed by atoms with Gasteiger partial charge in [-0.05, 0) is 54.6 Å². The minimum atomic E-state index is -1.44. The van der Waals surface area contributed by atoms with Crippen LogP contribution in [-0.4, -0.2) is 21.8 Å². The number of nitrogens with zero attached hydrogens (tertiary/aromatic N) is 3. The van der Waals surface area contributed by atoms with Gasteiger partial charge in [0.15, 0.2) is 0 Å². The van der Waals surface area contributed by atoms with Crippen molar-refractivity contribution < 1.29 is 18.4 Å². The van der Waals surface area contributed by atoms with E-state index in [1.165, 1.54) is 73.2 Å². The Bertz CT molecular complexity index is 1300. The Morgan fingerprint density at radius 3 is 2.26 bits per heavy atom. The number of hydrogen-bond acceptors (Lipinski definition) is 4. The fraction of sp³-hybridized carbons (Fsp3) is 0.0400. The molecular formula is C25H17ClF2N4O2. The zero-order valence-corrected chi connectivity index (χ0v) is 18.3. The van der Waals surface area contributed by atoms with Crippen molar-refractivity contribution in [1.82, 2.24) is 9.97 Å². The maximum absolute atomic E-state index is 15.0. The largest absolute Gasteiger partial charge is 0.324 e. The van der Waals surface area contributed by atoms with Crippen molar-refractivity contribution in [2.45, 2.75) is 6.04 Å². The van der Waals surface area contributed by atoms with Crippen LogP contribution in [0.5, 0.6) is 0 Å². The molecule has 6 nitrogen and oxygen atoms in total. The molecule has 34 heavy (non-hydrogen) atoms. The van der Waals surface area contributed by atoms with Crippen molar-refractivity contribution in [3.05, 3.63) is 119 Å². The summed E-state index contributed by atoms with van der Waals surface area (Å²) >= 11 is 6.02. The standard InChI is InChI=1S/C25H17ClF2N4O2/c26-16-5-11-19(12-6-16)32(25(34)22-15-29-13-14-30-22)23(20-3-1-2-4-21(20)28)24(33)31-18-9-7-17(27)8-10-18/h1-15,23H,(H,31,33). The van der Waals surface area contributed by atoms with E-state index in [0.29, 0.717) is 5.02 Å². The van der Waals surface area contributed by atoms with Crippen LogP contribution in [0.4, 0.5) is 20.2 Å². The molecule has 0 aliphatic carbocycles. The highest BCUT2D eigenvalue weighted by Crippen LogP contribution is 2.32. The van der Waals surface area contributed by atoms with Gasteiger partial charge in [-0.15, -0.1) is 0 Å². The SMILES string of the molecule is O=C(Nc1ccc(F)cc1)C(c1ccccc1F)N(C(=O)c1cnccn1)c1ccc(Cl)cc1. The summed E-state index contributed by atoms with van der Waals surface area (Å²) in [5.41, 5.74) is 0.459. The second-order valence-electron chi connectivity index (χ2n) is 7.16. The van der Waals surface area contributed by atoms with E-state index in [4.69, 9.17) is 11.6 Å². The first-order chi connectivity index (χ1) is 16.4. The Kier molecular flexibility index (Phi) is 6.89. The van der Waals surface area contributed by atoms with Gasteiger partial charge in [-0.1, -0.05) is 29.8 Å². The molecule has 3 aromatic carbocycles. The predicted octanol–water partition coefficient (Wildman–Crippen LogP) is 5.44. The van der Waals surface area contributed by atoms with Crippen LogP contribution < -0.4 is 10.2 Å². The van der Waals surface area contributed by atoms with Crippen molar-refractivity contribution in [1.29, 1.82) is 0 Å². The van der Waals surface area contributed by atoms with Crippen molar-refractivity contribution in [2.24, 2.45) is 0 Å². The van der Waals surface area contributed by atoms with E-state index >= 15 is 0 Å². The van der Waals surface area contributed by atoms with E-state index in [2.05, 4.69) is 15.3 Å². The normalized spacial score (nSPS) is 11.5. The summed E-state index contributed by atoms with van der Waals surface area (Å²) in [7, 11) is 0. The quantitative estimate of drug-likeness (QED) is 0.400. The lowest BCUT2D eigenvalue weighted by Gasteiger charge is -2.31. The van der Waals surface area contributed by atoms with Crippen LogP contribution in [0.1, 0.15) is 22.1 Å². The highest BCUT2D eigenvalue weighted by atomic mass is 35.5. The van der Waals surface area contributed by atoms with E-state index in [9.17, 15) is 18.4 Å². The van der Waals surface area contributed by atoms with Crippen molar-refractivity contribution in [2.75, 3.05) is 10.2 Å². The number of benzene rings is 3. The third kappa shape index (κ3) is 5.07. The summed E-state index contributed by atoms with van der Waals surface area (Å²) in [4.78, 5) is 36.2. The summed E-state index contributed by atoms with van der Waals surface area (Å²) in [6, 6.07) is 15.4. The van der Waals surface area contributed by atoms with E-state index < -0.39 is 29.5 Å². The highest BCUT2D eigenvalue weighted by molar-refractivity contribution is 6.30. The van der Waals surface area contributed by atoms with Crippen molar-refractivity contribution >= 4 is 34.8 Å². The Balaban J connectivity index is 1.85. The molecule has 1 unspecified atom stereocenters. The highest BCUT2D eigenvalue weighted by Gasteiger charge is 2.35. The Labute approximate surface area is 198 Å². The minimum absolute atomic E-state index is 0.0469. The third-order valence-electron chi connectivity index (χ3n) is 4.92. The summed E-state index contributed by atoms with van der Waals surface area (Å²) < 4.78 is 28.3. The lowest BCUT2D eigenvalue weighted by Crippen LogP contribution is -2.42. The molecule has 170 valence electrons. The van der Waals surface area contributed by atoms with Gasteiger partial charge in [0.25, 0.3) is 11.8 Å². The molecule has 4 rings (SSSR count). The fourth-order valence-electron chi connectivity index (χ4n) is 3.36. The topological polar surface area (TPSA) is 75.2 Å². The lowest BCUT2D eigenvalue weighted by molar-refractivity contribution is -0.117. The monoisotopic (exact) mass is 478 g/mol. The number of hydrogen-bond donors (Lipinski definition) is 1. The van der Waals surface area contributed by atoms with Crippen LogP contribution in [0.3, 0.4) is 0 Å². The van der Waals surface area contributed by atoms with Gasteiger partial charge in [0.05, 0.1) is 6.20 Å². The zero-order chi connectivity index (χ0) is 24.1. The van der Waals surface area contributed by atoms with Gasteiger partial charge in [-0.3, -0.25) is 19.5 Å². The Morgan fingerprint density at radius 1 is 0.912 bits per heavy atom. The number of nitrogens with one attached hydrogen (secondary N) is 1. The van der Waals surface area contributed by atoms with Gasteiger partial charge < -0.3 is 5.32 Å². The molecule has 2 amide bonds. The average molecular weight is 479 g/mol. The second-order valence-corrected chi connectivity index (χ2v) is 7.60. The van der Waals surface area contributed by atoms with Crippen molar-refractivity contribution in [3.8, 4) is 0 Å². The molecule has 1 atom stereocenters. The van der Waals surface area contributed by atoms with Crippen LogP contribution in [0.15, 0.2) is 91.4 Å². The van der Waals surface area contributed by atoms with Crippen molar-refractivity contribution in [3.63, 3.8) is 0 Å². The summed E-state index contributed by atoms with van der Waals surface area (Å²) in [6.07, 6.45) is 3.99. The third-order valence-corrected chi connectivity index (χ3v) is 5.18. The summed E-state index contributed by atoms with van der Waals surface area (Å²) in [6.45, 7) is 0. The molecule has 4 aromatic rings. The maximum Gasteiger partial charge on any atom is 0.279 e. The number of carbonyl (C=O) groups excluding carboxylic acids is 2. The van der Waals surface area contributed by atoms with Gasteiger partial charge >= 0.3 is 0 Å². The van der Waals surface area contributed by atoms with Crippen LogP contribution >= 0.6 is 11.6 Å². The van der Waals surface area contributed by atoms with Crippen LogP contribution in [-0.2, 0) is 4.79 Å². The van der Waals surface area contributed by atoms with Gasteiger partial charge in [-0.25, -0.2) is 13.8 Å². The molecule has 0 saturated heterocycles. The first-order valence-electron chi connectivity index (χ1n) is 10.1. The number of halogens is 3.